The lowest BCUT2D eigenvalue weighted by molar-refractivity contribution is 0.941. The third-order valence-corrected chi connectivity index (χ3v) is 3.47. The van der Waals surface area contributed by atoms with Gasteiger partial charge in [-0.1, -0.05) is 6.92 Å². The van der Waals surface area contributed by atoms with Gasteiger partial charge < -0.3 is 10.6 Å². The van der Waals surface area contributed by atoms with Crippen molar-refractivity contribution in [3.63, 3.8) is 0 Å². The van der Waals surface area contributed by atoms with E-state index in [1.807, 2.05) is 25.4 Å². The number of nitrogens with one attached hydrogen (secondary N) is 2. The summed E-state index contributed by atoms with van der Waals surface area (Å²) in [7, 11) is 0. The Hall–Kier alpha value is -1.69. The summed E-state index contributed by atoms with van der Waals surface area (Å²) in [5, 5.41) is 9.69. The highest BCUT2D eigenvalue weighted by molar-refractivity contribution is 7.09. The van der Waals surface area contributed by atoms with Crippen LogP contribution in [0.4, 0.5) is 11.6 Å². The molecule has 2 aromatic heterocycles. The zero-order valence-electron chi connectivity index (χ0n) is 11.5. The lowest BCUT2D eigenvalue weighted by atomic mass is 10.3. The summed E-state index contributed by atoms with van der Waals surface area (Å²) in [6.45, 7) is 7.69. The lowest BCUT2D eigenvalue weighted by Crippen LogP contribution is -2.10. The predicted molar refractivity (Wildman–Crippen MR) is 79.7 cm³/mol. The van der Waals surface area contributed by atoms with Crippen LogP contribution >= 0.6 is 11.3 Å². The van der Waals surface area contributed by atoms with E-state index in [4.69, 9.17) is 0 Å². The van der Waals surface area contributed by atoms with Gasteiger partial charge in [-0.15, -0.1) is 11.3 Å². The van der Waals surface area contributed by atoms with Crippen LogP contribution in [0.5, 0.6) is 0 Å². The third-order valence-electron chi connectivity index (χ3n) is 2.69. The lowest BCUT2D eigenvalue weighted by Gasteiger charge is -2.13. The molecule has 0 bridgehead atoms. The first-order valence-corrected chi connectivity index (χ1v) is 7.30. The van der Waals surface area contributed by atoms with E-state index in [9.17, 15) is 0 Å². The molecule has 0 spiro atoms. The minimum atomic E-state index is 0.697. The van der Waals surface area contributed by atoms with Crippen molar-refractivity contribution < 1.29 is 0 Å². The van der Waals surface area contributed by atoms with E-state index in [1.165, 1.54) is 0 Å². The maximum absolute atomic E-state index is 4.46. The van der Waals surface area contributed by atoms with Gasteiger partial charge in [-0.05, 0) is 20.3 Å². The fourth-order valence-corrected chi connectivity index (χ4v) is 2.27. The summed E-state index contributed by atoms with van der Waals surface area (Å²) in [6.07, 6.45) is 2.89. The van der Waals surface area contributed by atoms with Crippen molar-refractivity contribution >= 4 is 23.0 Å². The maximum atomic E-state index is 4.46. The van der Waals surface area contributed by atoms with E-state index in [-0.39, 0.29) is 0 Å². The normalized spacial score (nSPS) is 10.5. The average molecular weight is 277 g/mol. The number of nitrogens with zero attached hydrogens (tertiary/aromatic N) is 3. The Morgan fingerprint density at radius 1 is 1.16 bits per heavy atom. The van der Waals surface area contributed by atoms with Crippen LogP contribution < -0.4 is 10.6 Å². The third kappa shape index (κ3) is 3.64. The average Bonchev–Trinajstić information content (AvgIpc) is 2.91. The van der Waals surface area contributed by atoms with Gasteiger partial charge in [0.15, 0.2) is 0 Å². The van der Waals surface area contributed by atoms with Gasteiger partial charge in [-0.2, -0.15) is 0 Å². The number of anilines is 2. The smallest absolute Gasteiger partial charge is 0.135 e. The van der Waals surface area contributed by atoms with Crippen molar-refractivity contribution in [2.45, 2.75) is 33.7 Å². The Kier molecular flexibility index (Phi) is 4.68. The standard InChI is InChI=1S/C13H19N5S/c1-4-5-15-12-9(2)13(18-10(3)17-12)16-8-11-14-6-7-19-11/h6-7H,4-5,8H2,1-3H3,(H2,15,16,17,18). The van der Waals surface area contributed by atoms with Gasteiger partial charge in [0.2, 0.25) is 0 Å². The highest BCUT2D eigenvalue weighted by atomic mass is 32.1. The zero-order valence-corrected chi connectivity index (χ0v) is 12.3. The fourth-order valence-electron chi connectivity index (χ4n) is 1.72. The van der Waals surface area contributed by atoms with Crippen LogP contribution in [0.15, 0.2) is 11.6 Å². The summed E-state index contributed by atoms with van der Waals surface area (Å²) in [4.78, 5) is 13.1. The largest absolute Gasteiger partial charge is 0.370 e. The molecule has 0 atom stereocenters. The predicted octanol–water partition coefficient (Wildman–Crippen LogP) is 2.98. The van der Waals surface area contributed by atoms with Crippen molar-refractivity contribution in [1.29, 1.82) is 0 Å². The van der Waals surface area contributed by atoms with Crippen LogP contribution in [-0.4, -0.2) is 21.5 Å². The Labute approximate surface area is 117 Å². The van der Waals surface area contributed by atoms with Crippen LogP contribution in [0, 0.1) is 13.8 Å². The molecule has 0 saturated carbocycles. The van der Waals surface area contributed by atoms with Gasteiger partial charge in [-0.25, -0.2) is 15.0 Å². The molecule has 102 valence electrons. The first kappa shape index (κ1) is 13.7. The number of aromatic nitrogens is 3. The second-order valence-corrected chi connectivity index (χ2v) is 5.28. The van der Waals surface area contributed by atoms with E-state index in [0.717, 1.165) is 41.0 Å². The molecule has 0 unspecified atom stereocenters. The SMILES string of the molecule is CCCNc1nc(C)nc(NCc2nccs2)c1C. The fraction of sp³-hybridized carbons (Fsp3) is 0.462. The second-order valence-electron chi connectivity index (χ2n) is 4.30. The summed E-state index contributed by atoms with van der Waals surface area (Å²) in [6, 6.07) is 0. The van der Waals surface area contributed by atoms with Gasteiger partial charge in [0.25, 0.3) is 0 Å². The van der Waals surface area contributed by atoms with Crippen molar-refractivity contribution in [2.75, 3.05) is 17.2 Å². The molecule has 0 fully saturated rings. The first-order chi connectivity index (χ1) is 9.20. The number of thiazole rings is 1. The summed E-state index contributed by atoms with van der Waals surface area (Å²) < 4.78 is 0. The summed E-state index contributed by atoms with van der Waals surface area (Å²) in [5.74, 6) is 2.56. The van der Waals surface area contributed by atoms with Crippen LogP contribution in [-0.2, 0) is 6.54 Å². The number of hydrogen-bond donors (Lipinski definition) is 2. The minimum absolute atomic E-state index is 0.697. The Morgan fingerprint density at radius 3 is 2.53 bits per heavy atom. The van der Waals surface area contributed by atoms with Gasteiger partial charge in [0.05, 0.1) is 6.54 Å². The molecule has 0 radical (unpaired) electrons. The summed E-state index contributed by atoms with van der Waals surface area (Å²) in [5.41, 5.74) is 1.05. The highest BCUT2D eigenvalue weighted by Crippen LogP contribution is 2.20. The molecule has 2 aromatic rings. The van der Waals surface area contributed by atoms with Crippen LogP contribution in [0.25, 0.3) is 0 Å². The van der Waals surface area contributed by atoms with Gasteiger partial charge in [0.1, 0.15) is 22.5 Å². The maximum Gasteiger partial charge on any atom is 0.135 e. The van der Waals surface area contributed by atoms with Crippen molar-refractivity contribution in [1.82, 2.24) is 15.0 Å². The van der Waals surface area contributed by atoms with E-state index < -0.39 is 0 Å². The number of rotatable bonds is 6. The number of aryl methyl sites for hydroxylation is 1. The van der Waals surface area contributed by atoms with Crippen LogP contribution in [0.3, 0.4) is 0 Å². The van der Waals surface area contributed by atoms with Crippen molar-refractivity contribution in [3.8, 4) is 0 Å². The molecule has 2 N–H and O–H groups in total. The number of hydrogen-bond acceptors (Lipinski definition) is 6. The molecule has 2 heterocycles. The monoisotopic (exact) mass is 277 g/mol. The van der Waals surface area contributed by atoms with E-state index in [0.29, 0.717) is 6.54 Å². The van der Waals surface area contributed by atoms with E-state index in [2.05, 4.69) is 32.5 Å². The van der Waals surface area contributed by atoms with Crippen LogP contribution in [0.1, 0.15) is 29.7 Å². The molecule has 0 aliphatic rings. The molecular formula is C13H19N5S. The van der Waals surface area contributed by atoms with Crippen molar-refractivity contribution in [3.05, 3.63) is 28.0 Å². The Balaban J connectivity index is 2.12. The zero-order chi connectivity index (χ0) is 13.7. The van der Waals surface area contributed by atoms with Crippen molar-refractivity contribution in [2.24, 2.45) is 0 Å². The molecule has 0 aromatic carbocycles. The molecule has 19 heavy (non-hydrogen) atoms. The molecule has 2 rings (SSSR count). The highest BCUT2D eigenvalue weighted by Gasteiger charge is 2.08. The van der Waals surface area contributed by atoms with Gasteiger partial charge in [-0.3, -0.25) is 0 Å². The molecule has 0 aliphatic heterocycles. The first-order valence-electron chi connectivity index (χ1n) is 6.42. The molecule has 6 heteroatoms. The molecule has 5 nitrogen and oxygen atoms in total. The van der Waals surface area contributed by atoms with Gasteiger partial charge >= 0.3 is 0 Å². The Bertz CT molecular complexity index is 524. The molecule has 0 aliphatic carbocycles. The van der Waals surface area contributed by atoms with Crippen LogP contribution in [0.2, 0.25) is 0 Å². The van der Waals surface area contributed by atoms with E-state index >= 15 is 0 Å². The minimum Gasteiger partial charge on any atom is -0.370 e. The molecule has 0 saturated heterocycles. The quantitative estimate of drug-likeness (QED) is 0.850. The molecular weight excluding hydrogens is 258 g/mol. The second kappa shape index (κ2) is 6.47. The topological polar surface area (TPSA) is 62.7 Å². The van der Waals surface area contributed by atoms with Gasteiger partial charge in [0, 0.05) is 23.7 Å². The van der Waals surface area contributed by atoms with E-state index in [1.54, 1.807) is 11.3 Å². The summed E-state index contributed by atoms with van der Waals surface area (Å²) >= 11 is 1.64. The molecule has 0 amide bonds. The Morgan fingerprint density at radius 2 is 1.89 bits per heavy atom.